The average Bonchev–Trinajstić information content (AvgIpc) is 3.47. The number of nitrogens with one attached hydrogen (secondary N) is 1. The molecule has 0 radical (unpaired) electrons. The summed E-state index contributed by atoms with van der Waals surface area (Å²) >= 11 is 0. The van der Waals surface area contributed by atoms with Gasteiger partial charge in [0.1, 0.15) is 48.8 Å². The third-order valence-electron chi connectivity index (χ3n) is 17.6. The van der Waals surface area contributed by atoms with E-state index in [-0.39, 0.29) is 12.5 Å². The van der Waals surface area contributed by atoms with Crippen molar-refractivity contribution in [2.75, 3.05) is 19.8 Å². The third kappa shape index (κ3) is 38.0. The number of rotatable bonds is 58. The Hall–Kier alpha value is -1.01. The zero-order valence-electron chi connectivity index (χ0n) is 52.3. The minimum absolute atomic E-state index is 0.198. The van der Waals surface area contributed by atoms with E-state index in [1.54, 1.807) is 0 Å². The normalized spacial score (nSPS) is 24.0. The van der Waals surface area contributed by atoms with Crippen molar-refractivity contribution in [3.63, 3.8) is 0 Å². The van der Waals surface area contributed by atoms with E-state index in [1.807, 2.05) is 0 Å². The van der Waals surface area contributed by atoms with Crippen molar-refractivity contribution < 1.29 is 64.6 Å². The summed E-state index contributed by atoms with van der Waals surface area (Å²) in [5, 5.41) is 87.4. The lowest BCUT2D eigenvalue weighted by Gasteiger charge is -2.46. The number of hydrogen-bond donors (Lipinski definition) is 9. The summed E-state index contributed by atoms with van der Waals surface area (Å²) in [4.78, 5) is 13.3. The van der Waals surface area contributed by atoms with Gasteiger partial charge in [-0.05, 0) is 12.8 Å². The maximum absolute atomic E-state index is 13.3. The number of carbonyl (C=O) groups excluding carboxylic acids is 1. The molecule has 4 unspecified atom stereocenters. The maximum Gasteiger partial charge on any atom is 0.220 e. The first-order valence-corrected chi connectivity index (χ1v) is 34.8. The van der Waals surface area contributed by atoms with Crippen molar-refractivity contribution in [1.29, 1.82) is 0 Å². The van der Waals surface area contributed by atoms with Crippen LogP contribution in [0, 0.1) is 0 Å². The molecule has 0 aromatic rings. The van der Waals surface area contributed by atoms with Gasteiger partial charge >= 0.3 is 0 Å². The van der Waals surface area contributed by atoms with Gasteiger partial charge < -0.3 is 65.1 Å². The van der Waals surface area contributed by atoms with Gasteiger partial charge in [0.25, 0.3) is 0 Å². The molecule has 81 heavy (non-hydrogen) atoms. The Morgan fingerprint density at radius 2 is 0.704 bits per heavy atom. The van der Waals surface area contributed by atoms with E-state index in [0.29, 0.717) is 12.8 Å². The second-order valence-electron chi connectivity index (χ2n) is 25.0. The summed E-state index contributed by atoms with van der Waals surface area (Å²) in [6, 6.07) is -0.823. The van der Waals surface area contributed by atoms with Crippen LogP contribution >= 0.6 is 0 Å². The van der Waals surface area contributed by atoms with Crippen LogP contribution in [-0.4, -0.2) is 140 Å². The van der Waals surface area contributed by atoms with E-state index >= 15 is 0 Å². The Kier molecular flexibility index (Phi) is 50.0. The second kappa shape index (κ2) is 53.2. The van der Waals surface area contributed by atoms with E-state index in [4.69, 9.17) is 18.9 Å². The Morgan fingerprint density at radius 1 is 0.395 bits per heavy atom. The molecular weight excluding hydrogens is 1030 g/mol. The molecule has 2 fully saturated rings. The highest BCUT2D eigenvalue weighted by Gasteiger charge is 2.51. The molecule has 9 N–H and O–H groups in total. The smallest absolute Gasteiger partial charge is 0.220 e. The molecular formula is C67H131NO13. The number of carbonyl (C=O) groups is 1. The van der Waals surface area contributed by atoms with Crippen LogP contribution in [0.25, 0.3) is 0 Å². The minimum atomic E-state index is -1.78. The molecule has 0 aromatic carbocycles. The van der Waals surface area contributed by atoms with E-state index in [9.17, 15) is 45.6 Å². The Bertz CT molecular complexity index is 1360. The van der Waals surface area contributed by atoms with Crippen LogP contribution in [0.5, 0.6) is 0 Å². The number of ether oxygens (including phenoxy) is 4. The lowest BCUT2D eigenvalue weighted by Crippen LogP contribution is -2.65. The van der Waals surface area contributed by atoms with Crippen molar-refractivity contribution in [2.24, 2.45) is 0 Å². The highest BCUT2D eigenvalue weighted by Crippen LogP contribution is 2.30. The van der Waals surface area contributed by atoms with E-state index in [0.717, 1.165) is 51.4 Å². The van der Waals surface area contributed by atoms with Gasteiger partial charge in [0, 0.05) is 6.42 Å². The zero-order valence-corrected chi connectivity index (χ0v) is 52.3. The number of hydrogen-bond acceptors (Lipinski definition) is 13. The molecule has 0 bridgehead atoms. The van der Waals surface area contributed by atoms with Crippen LogP contribution in [-0.2, 0) is 23.7 Å². The van der Waals surface area contributed by atoms with Gasteiger partial charge in [-0.25, -0.2) is 0 Å². The second-order valence-corrected chi connectivity index (χ2v) is 25.0. The fraction of sp³-hybridized carbons (Fsp3) is 0.985. The highest BCUT2D eigenvalue weighted by molar-refractivity contribution is 5.76. The van der Waals surface area contributed by atoms with Crippen molar-refractivity contribution in [3.05, 3.63) is 0 Å². The average molecular weight is 1160 g/mol. The summed E-state index contributed by atoms with van der Waals surface area (Å²) in [5.74, 6) is -0.198. The number of aliphatic hydroxyl groups is 8. The van der Waals surface area contributed by atoms with Gasteiger partial charge in [0.15, 0.2) is 12.6 Å². The van der Waals surface area contributed by atoms with Crippen molar-refractivity contribution in [1.82, 2.24) is 5.32 Å². The maximum atomic E-state index is 13.3. The molecule has 2 aliphatic heterocycles. The predicted octanol–water partition coefficient (Wildman–Crippen LogP) is 13.6. The SMILES string of the molecule is CCCCCCCCCCCCCCCCCCCCCCCCCCCCCCCCCCCC(=O)N[C@@H](CO[C@@H]1O[C@H](CO)[C@@H](O[C@@H]2O[C@H](CO)[C@H](O)C(O)C2O)C(O)C1O)[C@H](O)CCCCCCCCCCCCCCCC. The van der Waals surface area contributed by atoms with Crippen molar-refractivity contribution >= 4 is 5.91 Å². The lowest BCUT2D eigenvalue weighted by atomic mass is 9.97. The molecule has 2 rings (SSSR count). The first-order valence-electron chi connectivity index (χ1n) is 34.8. The monoisotopic (exact) mass is 1160 g/mol. The van der Waals surface area contributed by atoms with Gasteiger partial charge in [0.2, 0.25) is 5.91 Å². The molecule has 2 saturated heterocycles. The molecule has 2 aliphatic rings. The molecule has 12 atom stereocenters. The molecule has 0 spiro atoms. The topological polar surface area (TPSA) is 228 Å². The fourth-order valence-electron chi connectivity index (χ4n) is 12.0. The fourth-order valence-corrected chi connectivity index (χ4v) is 12.0. The number of unbranched alkanes of at least 4 members (excludes halogenated alkanes) is 45. The minimum Gasteiger partial charge on any atom is -0.394 e. The molecule has 14 nitrogen and oxygen atoms in total. The first-order chi connectivity index (χ1) is 39.6. The van der Waals surface area contributed by atoms with Crippen LogP contribution in [0.4, 0.5) is 0 Å². The summed E-state index contributed by atoms with van der Waals surface area (Å²) in [6.07, 6.45) is 45.7. The summed E-state index contributed by atoms with van der Waals surface area (Å²) in [6.45, 7) is 2.91. The van der Waals surface area contributed by atoms with E-state index in [1.165, 1.54) is 250 Å². The third-order valence-corrected chi connectivity index (χ3v) is 17.6. The standard InChI is InChI=1S/C67H131NO13/c1-3-5-7-9-11-13-15-17-19-20-21-22-23-24-25-26-27-28-29-30-31-32-33-34-35-36-37-39-41-43-45-47-49-51-59(72)68-55(56(71)50-48-46-44-42-40-38-18-16-14-12-10-8-6-4-2)54-78-66-64(77)62(75)65(58(53-70)80-66)81-67-63(76)61(74)60(73)57(52-69)79-67/h55-58,60-67,69-71,73-77H,3-54H2,1-2H3,(H,68,72)/t55-,56+,57+,58+,60-,61?,62?,63?,64?,65+,66+,67-/m0/s1. The van der Waals surface area contributed by atoms with Crippen LogP contribution in [0.3, 0.4) is 0 Å². The lowest BCUT2D eigenvalue weighted by molar-refractivity contribution is -0.359. The molecule has 1 amide bonds. The van der Waals surface area contributed by atoms with E-state index < -0.39 is 86.8 Å². The van der Waals surface area contributed by atoms with Gasteiger partial charge in [-0.1, -0.05) is 309 Å². The van der Waals surface area contributed by atoms with Gasteiger partial charge in [-0.3, -0.25) is 4.79 Å². The molecule has 0 aromatic heterocycles. The predicted molar refractivity (Wildman–Crippen MR) is 328 cm³/mol. The Balaban J connectivity index is 1.59. The van der Waals surface area contributed by atoms with Gasteiger partial charge in [0.05, 0.1) is 32.0 Å². The number of aliphatic hydroxyl groups excluding tert-OH is 8. The Morgan fingerprint density at radius 3 is 1.05 bits per heavy atom. The van der Waals surface area contributed by atoms with Crippen LogP contribution in [0.1, 0.15) is 328 Å². The Labute approximate surface area is 495 Å². The molecule has 0 saturated carbocycles. The summed E-state index contributed by atoms with van der Waals surface area (Å²) in [7, 11) is 0. The van der Waals surface area contributed by atoms with Crippen molar-refractivity contribution in [3.8, 4) is 0 Å². The summed E-state index contributed by atoms with van der Waals surface area (Å²) < 4.78 is 22.9. The van der Waals surface area contributed by atoms with Crippen LogP contribution in [0.2, 0.25) is 0 Å². The molecule has 0 aliphatic carbocycles. The molecule has 2 heterocycles. The molecule has 14 heteroatoms. The first kappa shape index (κ1) is 76.1. The van der Waals surface area contributed by atoms with Crippen molar-refractivity contribution in [2.45, 2.75) is 402 Å². The molecule has 482 valence electrons. The highest BCUT2D eigenvalue weighted by atomic mass is 16.7. The zero-order chi connectivity index (χ0) is 58.8. The largest absolute Gasteiger partial charge is 0.394 e. The van der Waals surface area contributed by atoms with Gasteiger partial charge in [-0.2, -0.15) is 0 Å². The van der Waals surface area contributed by atoms with Gasteiger partial charge in [-0.15, -0.1) is 0 Å². The van der Waals surface area contributed by atoms with Crippen LogP contribution in [0.15, 0.2) is 0 Å². The number of amides is 1. The van der Waals surface area contributed by atoms with Crippen LogP contribution < -0.4 is 5.32 Å². The quantitative estimate of drug-likeness (QED) is 0.0259. The summed E-state index contributed by atoms with van der Waals surface area (Å²) in [5.41, 5.74) is 0. The van der Waals surface area contributed by atoms with E-state index in [2.05, 4.69) is 19.2 Å².